The minimum absolute atomic E-state index is 0.0694. The predicted octanol–water partition coefficient (Wildman–Crippen LogP) is 6.04. The highest BCUT2D eigenvalue weighted by molar-refractivity contribution is 6.35. The smallest absolute Gasteiger partial charge is 0.253 e. The van der Waals surface area contributed by atoms with Gasteiger partial charge in [0.15, 0.2) is 0 Å². The Bertz CT molecular complexity index is 1360. The Hall–Kier alpha value is -2.49. The SMILES string of the molecule is O=C(NCc1ccc(F)cc1F)c1cnc(N2CCN(C3CCN(Cc4ccc(Cl)cc4Cl)CC3)CC2)c(Cl)c1. The lowest BCUT2D eigenvalue weighted by Crippen LogP contribution is -2.53. The van der Waals surface area contributed by atoms with Crippen molar-refractivity contribution in [3.05, 3.63) is 92.1 Å². The Balaban J connectivity index is 1.09. The Morgan fingerprint density at radius 2 is 1.62 bits per heavy atom. The number of nitrogens with zero attached hydrogens (tertiary/aromatic N) is 4. The molecule has 2 saturated heterocycles. The Morgan fingerprint density at radius 1 is 0.900 bits per heavy atom. The fourth-order valence-corrected chi connectivity index (χ4v) is 6.12. The molecule has 5 rings (SSSR count). The van der Waals surface area contributed by atoms with Gasteiger partial charge in [-0.05, 0) is 55.8 Å². The van der Waals surface area contributed by atoms with E-state index in [4.69, 9.17) is 34.8 Å². The lowest BCUT2D eigenvalue weighted by molar-refractivity contribution is 0.0950. The molecule has 6 nitrogen and oxygen atoms in total. The van der Waals surface area contributed by atoms with Crippen molar-refractivity contribution in [3.8, 4) is 0 Å². The quantitative estimate of drug-likeness (QED) is 0.355. The van der Waals surface area contributed by atoms with Crippen molar-refractivity contribution in [2.75, 3.05) is 44.2 Å². The van der Waals surface area contributed by atoms with Gasteiger partial charge >= 0.3 is 0 Å². The molecule has 212 valence electrons. The highest BCUT2D eigenvalue weighted by atomic mass is 35.5. The summed E-state index contributed by atoms with van der Waals surface area (Å²) in [6.45, 7) is 6.22. The summed E-state index contributed by atoms with van der Waals surface area (Å²) in [5, 5.41) is 4.39. The van der Waals surface area contributed by atoms with Crippen LogP contribution in [0, 0.1) is 11.6 Å². The number of aromatic nitrogens is 1. The van der Waals surface area contributed by atoms with Gasteiger partial charge in [-0.15, -0.1) is 0 Å². The van der Waals surface area contributed by atoms with E-state index in [1.54, 1.807) is 12.1 Å². The van der Waals surface area contributed by atoms with Crippen LogP contribution in [-0.2, 0) is 13.1 Å². The number of hydrogen-bond donors (Lipinski definition) is 1. The molecule has 3 aromatic rings. The maximum absolute atomic E-state index is 13.9. The van der Waals surface area contributed by atoms with Gasteiger partial charge in [0.1, 0.15) is 17.5 Å². The van der Waals surface area contributed by atoms with Crippen molar-refractivity contribution >= 4 is 46.5 Å². The molecule has 2 aliphatic rings. The zero-order chi connectivity index (χ0) is 28.2. The zero-order valence-corrected chi connectivity index (χ0v) is 24.1. The van der Waals surface area contributed by atoms with Crippen LogP contribution in [0.5, 0.6) is 0 Å². The highest BCUT2D eigenvalue weighted by Crippen LogP contribution is 2.28. The maximum Gasteiger partial charge on any atom is 0.253 e. The van der Waals surface area contributed by atoms with E-state index in [-0.39, 0.29) is 17.7 Å². The van der Waals surface area contributed by atoms with E-state index < -0.39 is 17.5 Å². The molecule has 1 amide bonds. The van der Waals surface area contributed by atoms with Gasteiger partial charge in [0, 0.05) is 73.2 Å². The second kappa shape index (κ2) is 13.0. The van der Waals surface area contributed by atoms with E-state index in [1.807, 2.05) is 12.1 Å². The minimum Gasteiger partial charge on any atom is -0.353 e. The molecule has 11 heteroatoms. The van der Waals surface area contributed by atoms with E-state index in [1.165, 1.54) is 12.3 Å². The fourth-order valence-electron chi connectivity index (χ4n) is 5.36. The van der Waals surface area contributed by atoms with Crippen LogP contribution in [0.1, 0.15) is 34.3 Å². The molecule has 2 fully saturated rings. The van der Waals surface area contributed by atoms with Crippen molar-refractivity contribution in [1.29, 1.82) is 0 Å². The molecule has 1 aromatic heterocycles. The first kappa shape index (κ1) is 29.0. The second-order valence-electron chi connectivity index (χ2n) is 10.2. The van der Waals surface area contributed by atoms with E-state index in [0.717, 1.165) is 76.4 Å². The van der Waals surface area contributed by atoms with Crippen LogP contribution >= 0.6 is 34.8 Å². The number of benzene rings is 2. The molecule has 0 aliphatic carbocycles. The number of anilines is 1. The molecule has 0 bridgehead atoms. The monoisotopic (exact) mass is 607 g/mol. The molecule has 1 N–H and O–H groups in total. The molecule has 2 aromatic carbocycles. The first-order valence-electron chi connectivity index (χ1n) is 13.3. The third kappa shape index (κ3) is 7.04. The molecule has 0 unspecified atom stereocenters. The standard InChI is InChI=1S/C29H30Cl3F2N5O/c30-22-3-1-20(25(31)14-22)18-37-7-5-24(6-8-37)38-9-11-39(12-10-38)28-26(32)13-21(17-35-28)29(40)36-16-19-2-4-23(33)15-27(19)34/h1-4,13-15,17,24H,5-12,16,18H2,(H,36,40). The Labute approximate surface area is 247 Å². The van der Waals surface area contributed by atoms with Gasteiger partial charge in [-0.25, -0.2) is 13.8 Å². The number of likely N-dealkylation sites (tertiary alicyclic amines) is 1. The number of pyridine rings is 1. The van der Waals surface area contributed by atoms with Crippen molar-refractivity contribution in [2.45, 2.75) is 32.0 Å². The summed E-state index contributed by atoms with van der Waals surface area (Å²) >= 11 is 18.9. The van der Waals surface area contributed by atoms with Crippen LogP contribution < -0.4 is 10.2 Å². The number of rotatable bonds is 7. The van der Waals surface area contributed by atoms with E-state index in [2.05, 4.69) is 25.0 Å². The Morgan fingerprint density at radius 3 is 2.30 bits per heavy atom. The van der Waals surface area contributed by atoms with Crippen molar-refractivity contribution < 1.29 is 13.6 Å². The van der Waals surface area contributed by atoms with Crippen molar-refractivity contribution in [3.63, 3.8) is 0 Å². The number of hydrogen-bond acceptors (Lipinski definition) is 5. The lowest BCUT2D eigenvalue weighted by atomic mass is 10.0. The van der Waals surface area contributed by atoms with Crippen LogP contribution in [0.15, 0.2) is 48.7 Å². The van der Waals surface area contributed by atoms with E-state index in [9.17, 15) is 13.6 Å². The summed E-state index contributed by atoms with van der Waals surface area (Å²) in [4.78, 5) is 24.2. The number of halogens is 5. The summed E-state index contributed by atoms with van der Waals surface area (Å²) in [5.74, 6) is -1.16. The van der Waals surface area contributed by atoms with Crippen LogP contribution in [0.3, 0.4) is 0 Å². The summed E-state index contributed by atoms with van der Waals surface area (Å²) in [6, 6.07) is 11.1. The number of nitrogens with one attached hydrogen (secondary N) is 1. The van der Waals surface area contributed by atoms with Crippen LogP contribution in [0.2, 0.25) is 15.1 Å². The molecule has 3 heterocycles. The normalized spacial score (nSPS) is 17.3. The van der Waals surface area contributed by atoms with Gasteiger partial charge in [0.25, 0.3) is 5.91 Å². The number of carbonyl (C=O) groups excluding carboxylic acids is 1. The average molecular weight is 609 g/mol. The van der Waals surface area contributed by atoms with Crippen LogP contribution in [0.25, 0.3) is 0 Å². The largest absolute Gasteiger partial charge is 0.353 e. The number of piperidine rings is 1. The number of piperazine rings is 1. The van der Waals surface area contributed by atoms with Gasteiger partial charge in [-0.2, -0.15) is 0 Å². The van der Waals surface area contributed by atoms with E-state index in [0.29, 0.717) is 26.9 Å². The van der Waals surface area contributed by atoms with Crippen LogP contribution in [-0.4, -0.2) is 66.0 Å². The molecular formula is C29H30Cl3F2N5O. The highest BCUT2D eigenvalue weighted by Gasteiger charge is 2.29. The van der Waals surface area contributed by atoms with Gasteiger partial charge < -0.3 is 10.2 Å². The summed E-state index contributed by atoms with van der Waals surface area (Å²) < 4.78 is 27.0. The second-order valence-corrected chi connectivity index (χ2v) is 11.5. The molecule has 0 saturated carbocycles. The molecule has 40 heavy (non-hydrogen) atoms. The average Bonchev–Trinajstić information content (AvgIpc) is 2.94. The molecular weight excluding hydrogens is 579 g/mol. The third-order valence-electron chi connectivity index (χ3n) is 7.63. The molecule has 0 spiro atoms. The summed E-state index contributed by atoms with van der Waals surface area (Å²) in [6.07, 6.45) is 3.69. The van der Waals surface area contributed by atoms with Gasteiger partial charge in [0.05, 0.1) is 10.6 Å². The maximum atomic E-state index is 13.9. The molecule has 0 atom stereocenters. The first-order valence-corrected chi connectivity index (χ1v) is 14.4. The minimum atomic E-state index is -0.709. The molecule has 2 aliphatic heterocycles. The molecule has 0 radical (unpaired) electrons. The number of carbonyl (C=O) groups is 1. The topological polar surface area (TPSA) is 51.7 Å². The predicted molar refractivity (Wildman–Crippen MR) is 155 cm³/mol. The lowest BCUT2D eigenvalue weighted by Gasteiger charge is -2.43. The number of amides is 1. The Kier molecular flexibility index (Phi) is 9.43. The van der Waals surface area contributed by atoms with Gasteiger partial charge in [0.2, 0.25) is 0 Å². The fraction of sp³-hybridized carbons (Fsp3) is 0.379. The van der Waals surface area contributed by atoms with Crippen molar-refractivity contribution in [2.24, 2.45) is 0 Å². The van der Waals surface area contributed by atoms with Gasteiger partial charge in [-0.3, -0.25) is 14.6 Å². The van der Waals surface area contributed by atoms with Crippen molar-refractivity contribution in [1.82, 2.24) is 20.1 Å². The summed E-state index contributed by atoms with van der Waals surface area (Å²) in [7, 11) is 0. The summed E-state index contributed by atoms with van der Waals surface area (Å²) in [5.41, 5.74) is 1.58. The van der Waals surface area contributed by atoms with E-state index >= 15 is 0 Å². The van der Waals surface area contributed by atoms with Crippen LogP contribution in [0.4, 0.5) is 14.6 Å². The zero-order valence-electron chi connectivity index (χ0n) is 21.9. The third-order valence-corrected chi connectivity index (χ3v) is 8.50. The first-order chi connectivity index (χ1) is 19.3. The van der Waals surface area contributed by atoms with Gasteiger partial charge in [-0.1, -0.05) is 46.9 Å².